The molecule has 0 aliphatic heterocycles. The third kappa shape index (κ3) is 5.23. The van der Waals surface area contributed by atoms with Gasteiger partial charge in [-0.05, 0) is 37.1 Å². The SMILES string of the molecule is CCOc1ccc(-c2nc(CSc3n[nH]c(=O)n3CCc3ccccc3)cs2)cc1OC. The lowest BCUT2D eigenvalue weighted by molar-refractivity contribution is 0.311. The number of thioether (sulfide) groups is 1. The molecule has 2 aromatic carbocycles. The Morgan fingerprint density at radius 2 is 2.00 bits per heavy atom. The molecule has 4 aromatic rings. The first-order valence-electron chi connectivity index (χ1n) is 10.3. The van der Waals surface area contributed by atoms with Crippen molar-refractivity contribution in [2.75, 3.05) is 13.7 Å². The number of nitrogens with zero attached hydrogens (tertiary/aromatic N) is 3. The molecule has 0 aliphatic rings. The quantitative estimate of drug-likeness (QED) is 0.342. The van der Waals surface area contributed by atoms with Crippen LogP contribution in [0.3, 0.4) is 0 Å². The Morgan fingerprint density at radius 1 is 1.16 bits per heavy atom. The van der Waals surface area contributed by atoms with Crippen LogP contribution in [-0.2, 0) is 18.7 Å². The van der Waals surface area contributed by atoms with E-state index in [0.29, 0.717) is 29.8 Å². The Bertz CT molecular complexity index is 1220. The number of hydrogen-bond acceptors (Lipinski definition) is 7. The summed E-state index contributed by atoms with van der Waals surface area (Å²) in [6.07, 6.45) is 0.772. The molecule has 166 valence electrons. The summed E-state index contributed by atoms with van der Waals surface area (Å²) in [7, 11) is 1.63. The van der Waals surface area contributed by atoms with Gasteiger partial charge in [0.25, 0.3) is 0 Å². The lowest BCUT2D eigenvalue weighted by Crippen LogP contribution is -2.18. The van der Waals surface area contributed by atoms with Crippen LogP contribution in [-0.4, -0.2) is 33.5 Å². The average Bonchev–Trinajstić information content (AvgIpc) is 3.44. The Balaban J connectivity index is 1.42. The Labute approximate surface area is 194 Å². The van der Waals surface area contributed by atoms with Crippen LogP contribution in [0.4, 0.5) is 0 Å². The molecule has 4 rings (SSSR count). The van der Waals surface area contributed by atoms with Crippen LogP contribution in [0.25, 0.3) is 10.6 Å². The average molecular weight is 469 g/mol. The first-order valence-corrected chi connectivity index (χ1v) is 12.1. The van der Waals surface area contributed by atoms with Gasteiger partial charge in [0, 0.05) is 23.2 Å². The molecule has 1 N–H and O–H groups in total. The molecule has 2 heterocycles. The van der Waals surface area contributed by atoms with Gasteiger partial charge < -0.3 is 9.47 Å². The molecule has 32 heavy (non-hydrogen) atoms. The van der Waals surface area contributed by atoms with Gasteiger partial charge >= 0.3 is 5.69 Å². The summed E-state index contributed by atoms with van der Waals surface area (Å²) in [6.45, 7) is 3.10. The first kappa shape index (κ1) is 22.2. The minimum Gasteiger partial charge on any atom is -0.493 e. The van der Waals surface area contributed by atoms with Crippen LogP contribution >= 0.6 is 23.1 Å². The number of benzene rings is 2. The maximum atomic E-state index is 12.2. The van der Waals surface area contributed by atoms with Gasteiger partial charge in [-0.1, -0.05) is 42.1 Å². The number of ether oxygens (including phenoxy) is 2. The molecule has 9 heteroatoms. The van der Waals surface area contributed by atoms with Gasteiger partial charge in [-0.3, -0.25) is 4.57 Å². The third-order valence-corrected chi connectivity index (χ3v) is 6.75. The van der Waals surface area contributed by atoms with Crippen molar-refractivity contribution in [3.05, 3.63) is 75.7 Å². The minimum absolute atomic E-state index is 0.191. The molecule has 0 fully saturated rings. The van der Waals surface area contributed by atoms with Crippen molar-refractivity contribution in [2.45, 2.75) is 30.8 Å². The fraction of sp³-hybridized carbons (Fsp3) is 0.261. The van der Waals surface area contributed by atoms with E-state index >= 15 is 0 Å². The fourth-order valence-electron chi connectivity index (χ4n) is 3.22. The molecule has 0 atom stereocenters. The van der Waals surface area contributed by atoms with E-state index in [9.17, 15) is 4.79 Å². The van der Waals surface area contributed by atoms with Crippen molar-refractivity contribution >= 4 is 23.1 Å². The number of thiazole rings is 1. The van der Waals surface area contributed by atoms with Crippen molar-refractivity contribution in [2.24, 2.45) is 0 Å². The second kappa shape index (κ2) is 10.5. The Hall–Kier alpha value is -3.04. The minimum atomic E-state index is -0.191. The van der Waals surface area contributed by atoms with Crippen molar-refractivity contribution in [1.82, 2.24) is 19.7 Å². The second-order valence-electron chi connectivity index (χ2n) is 6.93. The molecule has 7 nitrogen and oxygen atoms in total. The summed E-state index contributed by atoms with van der Waals surface area (Å²) >= 11 is 3.08. The molecular formula is C23H24N4O3S2. The summed E-state index contributed by atoms with van der Waals surface area (Å²) in [5.74, 6) is 2.04. The predicted molar refractivity (Wildman–Crippen MR) is 128 cm³/mol. The topological polar surface area (TPSA) is 82.0 Å². The summed E-state index contributed by atoms with van der Waals surface area (Å²) in [4.78, 5) is 16.9. The van der Waals surface area contributed by atoms with Gasteiger partial charge in [-0.15, -0.1) is 16.4 Å². The highest BCUT2D eigenvalue weighted by atomic mass is 32.2. The molecular weight excluding hydrogens is 444 g/mol. The molecule has 0 bridgehead atoms. The maximum Gasteiger partial charge on any atom is 0.343 e. The van der Waals surface area contributed by atoms with Crippen molar-refractivity contribution < 1.29 is 9.47 Å². The van der Waals surface area contributed by atoms with E-state index in [1.54, 1.807) is 23.0 Å². The number of methoxy groups -OCH3 is 1. The zero-order valence-electron chi connectivity index (χ0n) is 17.9. The molecule has 0 unspecified atom stereocenters. The third-order valence-electron chi connectivity index (χ3n) is 4.80. The van der Waals surface area contributed by atoms with E-state index in [0.717, 1.165) is 28.4 Å². The fourth-order valence-corrected chi connectivity index (χ4v) is 5.00. The largest absolute Gasteiger partial charge is 0.493 e. The van der Waals surface area contributed by atoms with Crippen molar-refractivity contribution in [3.63, 3.8) is 0 Å². The zero-order valence-corrected chi connectivity index (χ0v) is 19.5. The van der Waals surface area contributed by atoms with E-state index in [2.05, 4.69) is 22.3 Å². The lowest BCUT2D eigenvalue weighted by atomic mass is 10.1. The van der Waals surface area contributed by atoms with Gasteiger partial charge in [0.05, 0.1) is 19.4 Å². The van der Waals surface area contributed by atoms with Gasteiger partial charge in [0.2, 0.25) is 0 Å². The Kier molecular flexibility index (Phi) is 7.28. The Morgan fingerprint density at radius 3 is 2.78 bits per heavy atom. The van der Waals surface area contributed by atoms with E-state index in [-0.39, 0.29) is 5.69 Å². The van der Waals surface area contributed by atoms with Crippen LogP contribution < -0.4 is 15.2 Å². The van der Waals surface area contributed by atoms with Gasteiger partial charge in [-0.25, -0.2) is 14.9 Å². The van der Waals surface area contributed by atoms with Gasteiger partial charge in [0.15, 0.2) is 16.7 Å². The molecule has 0 radical (unpaired) electrons. The number of aryl methyl sites for hydroxylation is 1. The summed E-state index contributed by atoms with van der Waals surface area (Å²) in [5.41, 5.74) is 2.91. The maximum absolute atomic E-state index is 12.2. The van der Waals surface area contributed by atoms with E-state index in [1.807, 2.05) is 48.7 Å². The number of nitrogens with one attached hydrogen (secondary N) is 1. The molecule has 0 aliphatic carbocycles. The molecule has 0 saturated heterocycles. The number of aromatic amines is 1. The van der Waals surface area contributed by atoms with Gasteiger partial charge in [0.1, 0.15) is 5.01 Å². The molecule has 0 amide bonds. The van der Waals surface area contributed by atoms with E-state index < -0.39 is 0 Å². The van der Waals surface area contributed by atoms with Crippen molar-refractivity contribution in [1.29, 1.82) is 0 Å². The van der Waals surface area contributed by atoms with Crippen LogP contribution in [0, 0.1) is 0 Å². The predicted octanol–water partition coefficient (Wildman–Crippen LogP) is 4.64. The molecule has 2 aromatic heterocycles. The standard InChI is InChI=1S/C23H24N4O3S2/c1-3-30-19-10-9-17(13-20(19)29-2)21-24-18(14-31-21)15-32-23-26-25-22(28)27(23)12-11-16-7-5-4-6-8-16/h4-10,13-14H,3,11-12,15H2,1-2H3,(H,25,28). The van der Waals surface area contributed by atoms with Crippen LogP contribution in [0.1, 0.15) is 18.2 Å². The number of rotatable bonds is 10. The molecule has 0 spiro atoms. The van der Waals surface area contributed by atoms with Crippen LogP contribution in [0.15, 0.2) is 63.9 Å². The van der Waals surface area contributed by atoms with Crippen LogP contribution in [0.2, 0.25) is 0 Å². The monoisotopic (exact) mass is 468 g/mol. The highest BCUT2D eigenvalue weighted by Gasteiger charge is 2.13. The van der Waals surface area contributed by atoms with Crippen molar-refractivity contribution in [3.8, 4) is 22.1 Å². The zero-order chi connectivity index (χ0) is 22.3. The van der Waals surface area contributed by atoms with Crippen LogP contribution in [0.5, 0.6) is 11.5 Å². The smallest absolute Gasteiger partial charge is 0.343 e. The summed E-state index contributed by atoms with van der Waals surface area (Å²) in [5, 5.41) is 10.4. The number of aromatic nitrogens is 4. The number of H-pyrrole nitrogens is 1. The summed E-state index contributed by atoms with van der Waals surface area (Å²) in [6, 6.07) is 15.9. The van der Waals surface area contributed by atoms with E-state index in [4.69, 9.17) is 14.5 Å². The van der Waals surface area contributed by atoms with Gasteiger partial charge in [-0.2, -0.15) is 0 Å². The highest BCUT2D eigenvalue weighted by Crippen LogP contribution is 2.34. The highest BCUT2D eigenvalue weighted by molar-refractivity contribution is 7.98. The van der Waals surface area contributed by atoms with E-state index in [1.165, 1.54) is 17.3 Å². The number of hydrogen-bond donors (Lipinski definition) is 1. The normalized spacial score (nSPS) is 10.9. The second-order valence-corrected chi connectivity index (χ2v) is 8.73. The lowest BCUT2D eigenvalue weighted by Gasteiger charge is -2.09. The molecule has 0 saturated carbocycles. The summed E-state index contributed by atoms with van der Waals surface area (Å²) < 4.78 is 12.7. The first-order chi connectivity index (χ1) is 15.7.